The lowest BCUT2D eigenvalue weighted by Crippen LogP contribution is -2.22. The third-order valence-corrected chi connectivity index (χ3v) is 2.43. The molecule has 1 heterocycles. The fourth-order valence-electron chi connectivity index (χ4n) is 1.62. The monoisotopic (exact) mass is 211 g/mol. The van der Waals surface area contributed by atoms with Gasteiger partial charge in [0.05, 0.1) is 12.2 Å². The van der Waals surface area contributed by atoms with Crippen molar-refractivity contribution in [1.29, 1.82) is 0 Å². The van der Waals surface area contributed by atoms with E-state index < -0.39 is 11.8 Å². The van der Waals surface area contributed by atoms with Crippen LogP contribution in [0.15, 0.2) is 12.1 Å². The minimum atomic E-state index is -1.31. The summed E-state index contributed by atoms with van der Waals surface area (Å²) in [6.45, 7) is 0.314. The Labute approximate surface area is 85.5 Å². The second kappa shape index (κ2) is 3.51. The predicted molar refractivity (Wildman–Crippen MR) is 50.4 cm³/mol. The number of halogens is 1. The van der Waals surface area contributed by atoms with E-state index in [-0.39, 0.29) is 17.4 Å². The first-order valence-corrected chi connectivity index (χ1v) is 4.55. The molecular formula is C10H10FNO3. The highest BCUT2D eigenvalue weighted by Gasteiger charge is 2.25. The lowest BCUT2D eigenvalue weighted by atomic mass is 9.99. The normalized spacial score (nSPS) is 19.2. The first-order valence-electron chi connectivity index (χ1n) is 4.55. The molecule has 0 aromatic heterocycles. The van der Waals surface area contributed by atoms with Crippen molar-refractivity contribution in [1.82, 2.24) is 0 Å². The molecule has 4 nitrogen and oxygen atoms in total. The average Bonchev–Trinajstić information content (AvgIpc) is 2.19. The molecule has 0 amide bonds. The quantitative estimate of drug-likeness (QED) is 0.734. The van der Waals surface area contributed by atoms with Crippen molar-refractivity contribution in [3.05, 3.63) is 29.1 Å². The molecule has 1 aliphatic heterocycles. The van der Waals surface area contributed by atoms with E-state index in [0.717, 1.165) is 0 Å². The summed E-state index contributed by atoms with van der Waals surface area (Å²) < 4.78 is 18.7. The van der Waals surface area contributed by atoms with E-state index >= 15 is 0 Å². The molecule has 3 N–H and O–H groups in total. The largest absolute Gasteiger partial charge is 0.490 e. The number of benzene rings is 1. The number of rotatable bonds is 1. The zero-order valence-corrected chi connectivity index (χ0v) is 7.87. The third-order valence-electron chi connectivity index (χ3n) is 2.43. The summed E-state index contributed by atoms with van der Waals surface area (Å²) in [4.78, 5) is 10.7. The third kappa shape index (κ3) is 1.55. The van der Waals surface area contributed by atoms with Gasteiger partial charge in [-0.3, -0.25) is 0 Å². The van der Waals surface area contributed by atoms with E-state index in [2.05, 4.69) is 0 Å². The van der Waals surface area contributed by atoms with Crippen LogP contribution >= 0.6 is 0 Å². The Morgan fingerprint density at radius 2 is 2.33 bits per heavy atom. The van der Waals surface area contributed by atoms with E-state index in [1.807, 2.05) is 0 Å². The van der Waals surface area contributed by atoms with Crippen molar-refractivity contribution in [2.24, 2.45) is 5.73 Å². The summed E-state index contributed by atoms with van der Waals surface area (Å²) >= 11 is 0. The number of hydrogen-bond donors (Lipinski definition) is 2. The number of fused-ring (bicyclic) bond motifs is 1. The van der Waals surface area contributed by atoms with Crippen molar-refractivity contribution in [2.75, 3.05) is 6.61 Å². The van der Waals surface area contributed by atoms with Gasteiger partial charge in [-0.05, 0) is 6.07 Å². The average molecular weight is 211 g/mol. The number of nitrogens with two attached hydrogens (primary N) is 1. The van der Waals surface area contributed by atoms with Gasteiger partial charge in [-0.1, -0.05) is 6.07 Å². The van der Waals surface area contributed by atoms with Crippen LogP contribution in [0.5, 0.6) is 5.75 Å². The molecule has 1 atom stereocenters. The van der Waals surface area contributed by atoms with Crippen molar-refractivity contribution >= 4 is 5.97 Å². The highest BCUT2D eigenvalue weighted by molar-refractivity contribution is 5.88. The van der Waals surface area contributed by atoms with E-state index in [1.54, 1.807) is 0 Å². The smallest absolute Gasteiger partial charge is 0.338 e. The van der Waals surface area contributed by atoms with Gasteiger partial charge < -0.3 is 15.6 Å². The number of hydrogen-bond acceptors (Lipinski definition) is 3. The van der Waals surface area contributed by atoms with Gasteiger partial charge in [-0.15, -0.1) is 0 Å². The van der Waals surface area contributed by atoms with Gasteiger partial charge in [-0.2, -0.15) is 0 Å². The zero-order chi connectivity index (χ0) is 11.0. The Balaban J connectivity index is 2.57. The molecule has 1 aromatic rings. The van der Waals surface area contributed by atoms with E-state index in [9.17, 15) is 9.18 Å². The van der Waals surface area contributed by atoms with E-state index in [4.69, 9.17) is 15.6 Å². The Hall–Kier alpha value is -1.62. The fourth-order valence-corrected chi connectivity index (χ4v) is 1.62. The Morgan fingerprint density at radius 1 is 1.60 bits per heavy atom. The van der Waals surface area contributed by atoms with Crippen molar-refractivity contribution < 1.29 is 19.0 Å². The summed E-state index contributed by atoms with van der Waals surface area (Å²) in [5.41, 5.74) is 5.89. The van der Waals surface area contributed by atoms with Gasteiger partial charge in [0.25, 0.3) is 0 Å². The Kier molecular flexibility index (Phi) is 2.32. The molecule has 1 aliphatic rings. The summed E-state index contributed by atoms with van der Waals surface area (Å²) in [5, 5.41) is 8.71. The van der Waals surface area contributed by atoms with Crippen LogP contribution in [-0.4, -0.2) is 17.7 Å². The van der Waals surface area contributed by atoms with Crippen molar-refractivity contribution in [3.63, 3.8) is 0 Å². The lowest BCUT2D eigenvalue weighted by molar-refractivity contribution is 0.0690. The molecule has 5 heteroatoms. The molecule has 15 heavy (non-hydrogen) atoms. The Bertz CT molecular complexity index is 419. The first kappa shape index (κ1) is 9.92. The molecule has 0 bridgehead atoms. The minimum Gasteiger partial charge on any atom is -0.490 e. The molecule has 0 spiro atoms. The standard InChI is InChI=1S/C10H10FNO3/c11-8-6(10(13)14)2-1-5-7(12)3-4-15-9(5)8/h1-2,7H,3-4,12H2,(H,13,14)/t7-/m0/s1. The highest BCUT2D eigenvalue weighted by atomic mass is 19.1. The summed E-state index contributed by atoms with van der Waals surface area (Å²) in [6.07, 6.45) is 0.610. The molecule has 0 aliphatic carbocycles. The zero-order valence-electron chi connectivity index (χ0n) is 7.87. The van der Waals surface area contributed by atoms with E-state index in [0.29, 0.717) is 18.6 Å². The van der Waals surface area contributed by atoms with Crippen LogP contribution in [0.4, 0.5) is 4.39 Å². The van der Waals surface area contributed by atoms with Crippen LogP contribution in [0.3, 0.4) is 0 Å². The molecule has 2 rings (SSSR count). The molecule has 1 aromatic carbocycles. The maximum absolute atomic E-state index is 13.6. The van der Waals surface area contributed by atoms with Crippen molar-refractivity contribution in [3.8, 4) is 5.75 Å². The lowest BCUT2D eigenvalue weighted by Gasteiger charge is -2.23. The van der Waals surface area contributed by atoms with Crippen LogP contribution in [0.1, 0.15) is 28.4 Å². The molecule has 0 saturated carbocycles. The van der Waals surface area contributed by atoms with Crippen LogP contribution in [0.25, 0.3) is 0 Å². The predicted octanol–water partition coefficient (Wildman–Crippen LogP) is 1.31. The topological polar surface area (TPSA) is 72.5 Å². The van der Waals surface area contributed by atoms with Gasteiger partial charge >= 0.3 is 5.97 Å². The van der Waals surface area contributed by atoms with Gasteiger partial charge in [0.1, 0.15) is 0 Å². The molecule has 0 saturated heterocycles. The Morgan fingerprint density at radius 3 is 3.00 bits per heavy atom. The van der Waals surface area contributed by atoms with Gasteiger partial charge in [-0.25, -0.2) is 9.18 Å². The van der Waals surface area contributed by atoms with Crippen LogP contribution < -0.4 is 10.5 Å². The maximum Gasteiger partial charge on any atom is 0.338 e. The van der Waals surface area contributed by atoms with E-state index in [1.165, 1.54) is 12.1 Å². The fraction of sp³-hybridized carbons (Fsp3) is 0.300. The summed E-state index contributed by atoms with van der Waals surface area (Å²) in [7, 11) is 0. The molecule has 0 fully saturated rings. The molecule has 0 unspecified atom stereocenters. The summed E-state index contributed by atoms with van der Waals surface area (Å²) in [5.74, 6) is -2.16. The van der Waals surface area contributed by atoms with Gasteiger partial charge in [0.15, 0.2) is 11.6 Å². The summed E-state index contributed by atoms with van der Waals surface area (Å²) in [6, 6.07) is 2.43. The molecule has 0 radical (unpaired) electrons. The molecule has 80 valence electrons. The first-order chi connectivity index (χ1) is 7.11. The highest BCUT2D eigenvalue weighted by Crippen LogP contribution is 2.34. The van der Waals surface area contributed by atoms with Crippen LogP contribution in [0.2, 0.25) is 0 Å². The second-order valence-electron chi connectivity index (χ2n) is 3.39. The number of ether oxygens (including phenoxy) is 1. The van der Waals surface area contributed by atoms with Gasteiger partial charge in [0.2, 0.25) is 0 Å². The second-order valence-corrected chi connectivity index (χ2v) is 3.39. The molecular weight excluding hydrogens is 201 g/mol. The number of carboxylic acids is 1. The SMILES string of the molecule is N[C@H]1CCOc2c1ccc(C(=O)O)c2F. The maximum atomic E-state index is 13.6. The van der Waals surface area contributed by atoms with Crippen molar-refractivity contribution in [2.45, 2.75) is 12.5 Å². The van der Waals surface area contributed by atoms with Gasteiger partial charge in [0, 0.05) is 18.0 Å². The number of carboxylic acid groups (broad SMARTS) is 1. The minimum absolute atomic E-state index is 0.0198. The van der Waals surface area contributed by atoms with Crippen LogP contribution in [0, 0.1) is 5.82 Å². The van der Waals surface area contributed by atoms with Crippen LogP contribution in [-0.2, 0) is 0 Å². The number of carbonyl (C=O) groups is 1. The number of aromatic carboxylic acids is 1.